The van der Waals surface area contributed by atoms with Gasteiger partial charge < -0.3 is 5.11 Å². The van der Waals surface area contributed by atoms with Gasteiger partial charge in [0.15, 0.2) is 0 Å². The summed E-state index contributed by atoms with van der Waals surface area (Å²) in [6, 6.07) is 0. The molecule has 1 rings (SSSR count). The molecule has 0 bridgehead atoms. The van der Waals surface area contributed by atoms with E-state index in [2.05, 4.69) is 0 Å². The third-order valence-electron chi connectivity index (χ3n) is 2.70. The van der Waals surface area contributed by atoms with Gasteiger partial charge >= 0.3 is 5.97 Å². The Balaban J connectivity index is 2.22. The van der Waals surface area contributed by atoms with Gasteiger partial charge in [-0.15, -0.1) is 0 Å². The van der Waals surface area contributed by atoms with Crippen molar-refractivity contribution in [3.8, 4) is 0 Å². The van der Waals surface area contributed by atoms with E-state index in [4.69, 9.17) is 5.11 Å². The first kappa shape index (κ1) is 10.3. The second-order valence-electron chi connectivity index (χ2n) is 3.83. The van der Waals surface area contributed by atoms with Gasteiger partial charge in [0.1, 0.15) is 0 Å². The molecule has 1 aliphatic rings. The van der Waals surface area contributed by atoms with Crippen molar-refractivity contribution < 1.29 is 9.90 Å². The summed E-state index contributed by atoms with van der Waals surface area (Å²) in [5.41, 5.74) is 0. The van der Waals surface area contributed by atoms with Crippen LogP contribution in [0.2, 0.25) is 0 Å². The van der Waals surface area contributed by atoms with Crippen molar-refractivity contribution in [1.82, 2.24) is 0 Å². The third kappa shape index (κ3) is 4.71. The highest BCUT2D eigenvalue weighted by molar-refractivity contribution is 5.79. The van der Waals surface area contributed by atoms with Crippen LogP contribution in [0.15, 0.2) is 12.2 Å². The first-order valence-corrected chi connectivity index (χ1v) is 5.18. The molecule has 0 heterocycles. The molecule has 0 amide bonds. The molecule has 0 radical (unpaired) electrons. The lowest BCUT2D eigenvalue weighted by atomic mass is 9.96. The van der Waals surface area contributed by atoms with E-state index in [-0.39, 0.29) is 0 Å². The van der Waals surface area contributed by atoms with E-state index in [1.807, 2.05) is 0 Å². The molecule has 13 heavy (non-hydrogen) atoms. The predicted octanol–water partition coefficient (Wildman–Crippen LogP) is 2.99. The molecule has 74 valence electrons. The Morgan fingerprint density at radius 2 is 1.85 bits per heavy atom. The maximum atomic E-state index is 10.2. The predicted molar refractivity (Wildman–Crippen MR) is 52.6 cm³/mol. The summed E-state index contributed by atoms with van der Waals surface area (Å²) in [5, 5.41) is 8.41. The summed E-state index contributed by atoms with van der Waals surface area (Å²) in [4.78, 5) is 10.2. The van der Waals surface area contributed by atoms with Crippen molar-refractivity contribution in [2.24, 2.45) is 5.92 Å². The summed E-state index contributed by atoms with van der Waals surface area (Å²) in [6.45, 7) is 0. The number of aliphatic carboxylic acids is 1. The zero-order valence-corrected chi connectivity index (χ0v) is 8.04. The fraction of sp³-hybridized carbons (Fsp3) is 0.727. The summed E-state index contributed by atoms with van der Waals surface area (Å²) in [5.74, 6) is -0.0910. The summed E-state index contributed by atoms with van der Waals surface area (Å²) in [6.07, 6.45) is 12.0. The van der Waals surface area contributed by atoms with Gasteiger partial charge in [-0.3, -0.25) is 0 Å². The Morgan fingerprint density at radius 1 is 1.23 bits per heavy atom. The Labute approximate surface area is 79.6 Å². The van der Waals surface area contributed by atoms with Crippen LogP contribution in [0.5, 0.6) is 0 Å². The van der Waals surface area contributed by atoms with Crippen LogP contribution in [0, 0.1) is 5.92 Å². The fourth-order valence-electron chi connectivity index (χ4n) is 1.96. The number of allylic oxidation sites excluding steroid dienone is 1. The number of carboxylic acids is 1. The number of carbonyl (C=O) groups is 1. The molecule has 2 heteroatoms. The van der Waals surface area contributed by atoms with Crippen LogP contribution in [0.4, 0.5) is 0 Å². The van der Waals surface area contributed by atoms with E-state index < -0.39 is 5.97 Å². The van der Waals surface area contributed by atoms with Crippen LogP contribution in [-0.2, 0) is 4.79 Å². The molecule has 0 aliphatic heterocycles. The minimum absolute atomic E-state index is 0.734. The van der Waals surface area contributed by atoms with E-state index in [9.17, 15) is 4.79 Å². The molecule has 2 nitrogen and oxygen atoms in total. The van der Waals surface area contributed by atoms with Gasteiger partial charge in [-0.2, -0.15) is 0 Å². The van der Waals surface area contributed by atoms with E-state index in [0.717, 1.165) is 12.3 Å². The molecule has 0 atom stereocenters. The maximum Gasteiger partial charge on any atom is 0.327 e. The van der Waals surface area contributed by atoms with Gasteiger partial charge in [0.05, 0.1) is 0 Å². The largest absolute Gasteiger partial charge is 0.478 e. The molecule has 1 fully saturated rings. The normalized spacial score (nSPS) is 20.3. The highest BCUT2D eigenvalue weighted by Crippen LogP contribution is 2.25. The second-order valence-corrected chi connectivity index (χ2v) is 3.83. The Bertz CT molecular complexity index is 177. The van der Waals surface area contributed by atoms with Gasteiger partial charge in [0.25, 0.3) is 0 Å². The average molecular weight is 182 g/mol. The van der Waals surface area contributed by atoms with Crippen molar-refractivity contribution in [2.45, 2.75) is 44.9 Å². The first-order valence-electron chi connectivity index (χ1n) is 5.18. The molecule has 0 unspecified atom stereocenters. The second kappa shape index (κ2) is 5.79. The van der Waals surface area contributed by atoms with E-state index in [1.165, 1.54) is 44.6 Å². The summed E-state index contributed by atoms with van der Waals surface area (Å²) < 4.78 is 0. The van der Waals surface area contributed by atoms with E-state index >= 15 is 0 Å². The van der Waals surface area contributed by atoms with Gasteiger partial charge in [-0.05, 0) is 12.3 Å². The highest BCUT2D eigenvalue weighted by Gasteiger charge is 2.10. The van der Waals surface area contributed by atoms with Crippen molar-refractivity contribution >= 4 is 5.97 Å². The van der Waals surface area contributed by atoms with Gasteiger partial charge in [0.2, 0.25) is 0 Å². The minimum Gasteiger partial charge on any atom is -0.478 e. The topological polar surface area (TPSA) is 37.3 Å². The minimum atomic E-state index is -0.825. The van der Waals surface area contributed by atoms with Crippen molar-refractivity contribution in [3.63, 3.8) is 0 Å². The molecule has 0 saturated heterocycles. The molecule has 1 saturated carbocycles. The lowest BCUT2D eigenvalue weighted by molar-refractivity contribution is -0.131. The number of hydrogen-bond donors (Lipinski definition) is 1. The molecule has 0 aromatic rings. The smallest absolute Gasteiger partial charge is 0.327 e. The van der Waals surface area contributed by atoms with Crippen molar-refractivity contribution in [2.75, 3.05) is 0 Å². The van der Waals surface area contributed by atoms with Crippen LogP contribution in [-0.4, -0.2) is 11.1 Å². The van der Waals surface area contributed by atoms with Crippen molar-refractivity contribution in [1.29, 1.82) is 0 Å². The molecule has 0 spiro atoms. The summed E-state index contributed by atoms with van der Waals surface area (Å²) >= 11 is 0. The Kier molecular flexibility index (Phi) is 4.58. The van der Waals surface area contributed by atoms with Crippen LogP contribution >= 0.6 is 0 Å². The molecular formula is C11H18O2. The average Bonchev–Trinajstić information content (AvgIpc) is 2.32. The maximum absolute atomic E-state index is 10.2. The number of rotatable bonds is 3. The molecule has 0 aromatic carbocycles. The van der Waals surface area contributed by atoms with Crippen LogP contribution in [0.25, 0.3) is 0 Å². The molecular weight excluding hydrogens is 164 g/mol. The zero-order chi connectivity index (χ0) is 9.52. The van der Waals surface area contributed by atoms with Crippen LogP contribution < -0.4 is 0 Å². The number of carboxylic acid groups (broad SMARTS) is 1. The standard InChI is InChI=1S/C11H18O2/c12-11(13)9-5-8-10-6-3-1-2-4-7-10/h5,9-10H,1-4,6-8H2,(H,12,13)/b9-5+. The Hall–Kier alpha value is -0.790. The highest BCUT2D eigenvalue weighted by atomic mass is 16.4. The zero-order valence-electron chi connectivity index (χ0n) is 8.04. The number of hydrogen-bond acceptors (Lipinski definition) is 1. The lowest BCUT2D eigenvalue weighted by Crippen LogP contribution is -1.97. The third-order valence-corrected chi connectivity index (χ3v) is 2.70. The summed E-state index contributed by atoms with van der Waals surface area (Å²) in [7, 11) is 0. The molecule has 1 N–H and O–H groups in total. The Morgan fingerprint density at radius 3 is 2.38 bits per heavy atom. The molecule has 0 aromatic heterocycles. The van der Waals surface area contributed by atoms with Gasteiger partial charge in [-0.25, -0.2) is 4.79 Å². The fourth-order valence-corrected chi connectivity index (χ4v) is 1.96. The quantitative estimate of drug-likeness (QED) is 0.538. The first-order chi connectivity index (χ1) is 6.29. The van der Waals surface area contributed by atoms with Crippen LogP contribution in [0.3, 0.4) is 0 Å². The van der Waals surface area contributed by atoms with E-state index in [1.54, 1.807) is 6.08 Å². The lowest BCUT2D eigenvalue weighted by Gasteiger charge is -2.09. The van der Waals surface area contributed by atoms with Crippen molar-refractivity contribution in [3.05, 3.63) is 12.2 Å². The van der Waals surface area contributed by atoms with E-state index in [0.29, 0.717) is 0 Å². The van der Waals surface area contributed by atoms with Gasteiger partial charge in [-0.1, -0.05) is 44.6 Å². The monoisotopic (exact) mass is 182 g/mol. The van der Waals surface area contributed by atoms with Crippen LogP contribution in [0.1, 0.15) is 44.9 Å². The van der Waals surface area contributed by atoms with Gasteiger partial charge in [0, 0.05) is 6.08 Å². The molecule has 1 aliphatic carbocycles. The SMILES string of the molecule is O=C(O)/C=C/CC1CCCCCC1.